The summed E-state index contributed by atoms with van der Waals surface area (Å²) in [5.41, 5.74) is 5.41. The van der Waals surface area contributed by atoms with E-state index in [0.29, 0.717) is 18.8 Å². The second kappa shape index (κ2) is 8.95. The van der Waals surface area contributed by atoms with Crippen molar-refractivity contribution >= 4 is 11.9 Å². The number of furan rings is 1. The van der Waals surface area contributed by atoms with Crippen LogP contribution in [0.4, 0.5) is 0 Å². The number of nitrogens with zero attached hydrogens (tertiary/aromatic N) is 3. The fourth-order valence-electron chi connectivity index (χ4n) is 3.91. The SMILES string of the molecule is CN=C(NCCc1c(C)cc(C)cc1C)N1CCN(C(=O)c2ccco2)CC1. The molecule has 150 valence electrons. The summed E-state index contributed by atoms with van der Waals surface area (Å²) in [7, 11) is 1.81. The number of amides is 1. The average molecular weight is 383 g/mol. The number of hydrogen-bond acceptors (Lipinski definition) is 3. The van der Waals surface area contributed by atoms with E-state index in [4.69, 9.17) is 4.42 Å². The highest BCUT2D eigenvalue weighted by Gasteiger charge is 2.25. The van der Waals surface area contributed by atoms with Crippen molar-refractivity contribution in [3.05, 3.63) is 58.5 Å². The molecule has 3 rings (SSSR count). The summed E-state index contributed by atoms with van der Waals surface area (Å²) in [5.74, 6) is 1.25. The van der Waals surface area contributed by atoms with E-state index in [0.717, 1.165) is 32.0 Å². The van der Waals surface area contributed by atoms with E-state index in [1.165, 1.54) is 28.5 Å². The molecule has 2 heterocycles. The number of carbonyl (C=O) groups is 1. The Morgan fingerprint density at radius 1 is 1.11 bits per heavy atom. The average Bonchev–Trinajstić information content (AvgIpc) is 3.21. The molecule has 0 radical (unpaired) electrons. The van der Waals surface area contributed by atoms with Crippen LogP contribution < -0.4 is 5.32 Å². The van der Waals surface area contributed by atoms with Crippen molar-refractivity contribution in [2.45, 2.75) is 27.2 Å². The van der Waals surface area contributed by atoms with E-state index in [1.54, 1.807) is 12.1 Å². The van der Waals surface area contributed by atoms with E-state index in [2.05, 4.69) is 48.1 Å². The summed E-state index contributed by atoms with van der Waals surface area (Å²) >= 11 is 0. The van der Waals surface area contributed by atoms with Gasteiger partial charge in [0.1, 0.15) is 0 Å². The minimum absolute atomic E-state index is 0.0436. The lowest BCUT2D eigenvalue weighted by atomic mass is 9.97. The Balaban J connectivity index is 1.51. The molecule has 1 aromatic heterocycles. The van der Waals surface area contributed by atoms with Crippen LogP contribution in [0, 0.1) is 20.8 Å². The molecular weight excluding hydrogens is 352 g/mol. The number of guanidine groups is 1. The van der Waals surface area contributed by atoms with E-state index in [-0.39, 0.29) is 5.91 Å². The number of piperazine rings is 1. The van der Waals surface area contributed by atoms with Crippen molar-refractivity contribution in [2.24, 2.45) is 4.99 Å². The molecule has 1 amide bonds. The van der Waals surface area contributed by atoms with Gasteiger partial charge in [0, 0.05) is 39.8 Å². The second-order valence-corrected chi connectivity index (χ2v) is 7.36. The third kappa shape index (κ3) is 4.55. The van der Waals surface area contributed by atoms with Crippen LogP contribution >= 0.6 is 0 Å². The summed E-state index contributed by atoms with van der Waals surface area (Å²) in [6, 6.07) is 7.94. The lowest BCUT2D eigenvalue weighted by molar-refractivity contribution is 0.0658. The lowest BCUT2D eigenvalue weighted by Gasteiger charge is -2.36. The molecule has 1 fully saturated rings. The maximum absolute atomic E-state index is 12.4. The zero-order valence-corrected chi connectivity index (χ0v) is 17.3. The second-order valence-electron chi connectivity index (χ2n) is 7.36. The first-order chi connectivity index (χ1) is 13.5. The third-order valence-electron chi connectivity index (χ3n) is 5.31. The van der Waals surface area contributed by atoms with Gasteiger partial charge in [-0.1, -0.05) is 17.7 Å². The normalized spacial score (nSPS) is 15.1. The number of rotatable bonds is 4. The molecule has 1 N–H and O–H groups in total. The molecule has 0 atom stereocenters. The van der Waals surface area contributed by atoms with E-state index >= 15 is 0 Å². The Bertz CT molecular complexity index is 811. The van der Waals surface area contributed by atoms with Gasteiger partial charge in [0.2, 0.25) is 0 Å². The van der Waals surface area contributed by atoms with Gasteiger partial charge in [-0.15, -0.1) is 0 Å². The summed E-state index contributed by atoms with van der Waals surface area (Å²) in [6.45, 7) is 10.2. The highest BCUT2D eigenvalue weighted by atomic mass is 16.3. The van der Waals surface area contributed by atoms with E-state index in [9.17, 15) is 4.79 Å². The van der Waals surface area contributed by atoms with Gasteiger partial charge >= 0.3 is 0 Å². The molecule has 0 unspecified atom stereocenters. The van der Waals surface area contributed by atoms with Crippen molar-refractivity contribution in [2.75, 3.05) is 39.8 Å². The van der Waals surface area contributed by atoms with E-state index in [1.807, 2.05) is 11.9 Å². The molecule has 0 bridgehead atoms. The van der Waals surface area contributed by atoms with Gasteiger partial charge in [-0.05, 0) is 56.0 Å². The van der Waals surface area contributed by atoms with Crippen LogP contribution in [0.25, 0.3) is 0 Å². The molecule has 0 saturated carbocycles. The van der Waals surface area contributed by atoms with Crippen LogP contribution in [0.2, 0.25) is 0 Å². The van der Waals surface area contributed by atoms with Gasteiger partial charge < -0.3 is 19.5 Å². The molecule has 1 aliphatic rings. The fourth-order valence-corrected chi connectivity index (χ4v) is 3.91. The molecular formula is C22H30N4O2. The van der Waals surface area contributed by atoms with Gasteiger partial charge in [0.05, 0.1) is 6.26 Å². The Morgan fingerprint density at radius 3 is 2.32 bits per heavy atom. The van der Waals surface area contributed by atoms with Crippen molar-refractivity contribution in [1.82, 2.24) is 15.1 Å². The Morgan fingerprint density at radius 2 is 1.75 bits per heavy atom. The Hall–Kier alpha value is -2.76. The minimum atomic E-state index is -0.0436. The standard InChI is InChI=1S/C22H30N4O2/c1-16-14-17(2)19(18(3)15-16)7-8-24-22(23-4)26-11-9-25(10-12-26)21(27)20-6-5-13-28-20/h5-6,13-15H,7-12H2,1-4H3,(H,23,24). The summed E-state index contributed by atoms with van der Waals surface area (Å²) in [4.78, 5) is 20.9. The molecule has 1 saturated heterocycles. The van der Waals surface area contributed by atoms with Crippen molar-refractivity contribution in [3.8, 4) is 0 Å². The van der Waals surface area contributed by atoms with Crippen LogP contribution in [-0.4, -0.2) is 61.4 Å². The molecule has 1 aromatic carbocycles. The Labute approximate surface area is 167 Å². The molecule has 0 aliphatic carbocycles. The summed E-state index contributed by atoms with van der Waals surface area (Å²) < 4.78 is 5.22. The molecule has 6 nitrogen and oxygen atoms in total. The predicted molar refractivity (Wildman–Crippen MR) is 112 cm³/mol. The third-order valence-corrected chi connectivity index (χ3v) is 5.31. The highest BCUT2D eigenvalue weighted by molar-refractivity contribution is 5.91. The predicted octanol–water partition coefficient (Wildman–Crippen LogP) is 2.78. The number of nitrogens with one attached hydrogen (secondary N) is 1. The maximum atomic E-state index is 12.4. The van der Waals surface area contributed by atoms with Crippen LogP contribution in [0.3, 0.4) is 0 Å². The first-order valence-corrected chi connectivity index (χ1v) is 9.84. The Kier molecular flexibility index (Phi) is 6.39. The maximum Gasteiger partial charge on any atom is 0.289 e. The van der Waals surface area contributed by atoms with Gasteiger partial charge in [-0.3, -0.25) is 9.79 Å². The van der Waals surface area contributed by atoms with Gasteiger partial charge in [-0.25, -0.2) is 0 Å². The highest BCUT2D eigenvalue weighted by Crippen LogP contribution is 2.16. The molecule has 0 spiro atoms. The van der Waals surface area contributed by atoms with E-state index < -0.39 is 0 Å². The summed E-state index contributed by atoms with van der Waals surface area (Å²) in [6.07, 6.45) is 2.50. The van der Waals surface area contributed by atoms with Gasteiger partial charge in [-0.2, -0.15) is 0 Å². The van der Waals surface area contributed by atoms with Crippen molar-refractivity contribution in [1.29, 1.82) is 0 Å². The van der Waals surface area contributed by atoms with Crippen molar-refractivity contribution in [3.63, 3.8) is 0 Å². The zero-order valence-electron chi connectivity index (χ0n) is 17.3. The van der Waals surface area contributed by atoms with Gasteiger partial charge in [0.25, 0.3) is 5.91 Å². The smallest absolute Gasteiger partial charge is 0.289 e. The van der Waals surface area contributed by atoms with Crippen molar-refractivity contribution < 1.29 is 9.21 Å². The minimum Gasteiger partial charge on any atom is -0.459 e. The number of carbonyl (C=O) groups excluding carboxylic acids is 1. The number of benzene rings is 1. The molecule has 6 heteroatoms. The quantitative estimate of drug-likeness (QED) is 0.652. The molecule has 2 aromatic rings. The largest absolute Gasteiger partial charge is 0.459 e. The van der Waals surface area contributed by atoms with Crippen LogP contribution in [0.15, 0.2) is 39.9 Å². The van der Waals surface area contributed by atoms with Gasteiger partial charge in [0.15, 0.2) is 11.7 Å². The summed E-state index contributed by atoms with van der Waals surface area (Å²) in [5, 5.41) is 3.48. The monoisotopic (exact) mass is 382 g/mol. The molecule has 28 heavy (non-hydrogen) atoms. The number of hydrogen-bond donors (Lipinski definition) is 1. The van der Waals surface area contributed by atoms with Crippen LogP contribution in [0.1, 0.15) is 32.8 Å². The number of aliphatic imine (C=N–C) groups is 1. The van der Waals surface area contributed by atoms with Crippen LogP contribution in [0.5, 0.6) is 0 Å². The van der Waals surface area contributed by atoms with Crippen LogP contribution in [-0.2, 0) is 6.42 Å². The lowest BCUT2D eigenvalue weighted by Crippen LogP contribution is -2.54. The number of aryl methyl sites for hydroxylation is 3. The fraction of sp³-hybridized carbons (Fsp3) is 0.455. The zero-order chi connectivity index (χ0) is 20.1. The first-order valence-electron chi connectivity index (χ1n) is 9.84. The topological polar surface area (TPSA) is 61.1 Å². The first kappa shape index (κ1) is 20.0. The molecule has 1 aliphatic heterocycles.